The molecule has 4 fully saturated rings. The summed E-state index contributed by atoms with van der Waals surface area (Å²) >= 11 is 0. The van der Waals surface area contributed by atoms with Crippen molar-refractivity contribution >= 4 is 5.97 Å². The second-order valence-electron chi connectivity index (χ2n) is 19.3. The predicted octanol–water partition coefficient (Wildman–Crippen LogP) is 5.60. The van der Waals surface area contributed by atoms with Crippen LogP contribution in [0.3, 0.4) is 0 Å². The highest BCUT2D eigenvalue weighted by Gasteiger charge is 2.60. The number of aliphatic hydroxyl groups is 2. The summed E-state index contributed by atoms with van der Waals surface area (Å²) in [5, 5.41) is 27.1. The first-order valence-electron chi connectivity index (χ1n) is 23.4. The van der Waals surface area contributed by atoms with Crippen molar-refractivity contribution in [3.63, 3.8) is 0 Å². The fraction of sp³-hybridized carbons (Fsp3) is 0.776. The molecule has 0 aromatic heterocycles. The van der Waals surface area contributed by atoms with E-state index in [0.29, 0.717) is 43.3 Å². The number of nitrogens with one attached hydrogen (secondary N) is 1. The zero-order chi connectivity index (χ0) is 45.4. The summed E-state index contributed by atoms with van der Waals surface area (Å²) in [5.41, 5.74) is 0.180. The molecule has 4 saturated heterocycles. The van der Waals surface area contributed by atoms with Crippen LogP contribution in [0.5, 0.6) is 0 Å². The second-order valence-corrected chi connectivity index (χ2v) is 19.3. The van der Waals surface area contributed by atoms with Gasteiger partial charge in [0, 0.05) is 51.7 Å². The van der Waals surface area contributed by atoms with Gasteiger partial charge in [0.1, 0.15) is 35.9 Å². The molecule has 7 rings (SSSR count). The maximum atomic E-state index is 14.4. The van der Waals surface area contributed by atoms with Crippen LogP contribution in [0.25, 0.3) is 0 Å². The van der Waals surface area contributed by atoms with Crippen molar-refractivity contribution in [2.45, 2.75) is 191 Å². The topological polar surface area (TPSA) is 162 Å². The molecule has 0 aromatic carbocycles. The SMILES string of the molecule is CC[C@@H](C)[C@H]1O[C@]2(C=C[C@@H]1C)C[C@@H]1C[C@@H](C/C=C(\C)[C@@H](O[C@@H]3C[C@H](OC)[C@@H](O[C@H]4C[C@@H](OC)[C@H](NC)[C@H](C)O4)[C@H](C)O3)[C@H](C)C=C/C=C3\CO[C@H]4[C@@H](O)C(C)=C[C@H](C(=O)O1)[C@]34O)O2. The maximum Gasteiger partial charge on any atom is 0.316 e. The molecular weight excluding hydrogens is 811 g/mol. The molecule has 354 valence electrons. The lowest BCUT2D eigenvalue weighted by Gasteiger charge is -2.48. The molecule has 20 atom stereocenters. The summed E-state index contributed by atoms with van der Waals surface area (Å²) in [6.45, 7) is 16.4. The van der Waals surface area contributed by atoms with Crippen molar-refractivity contribution < 1.29 is 62.4 Å². The zero-order valence-corrected chi connectivity index (χ0v) is 39.3. The van der Waals surface area contributed by atoms with Crippen LogP contribution in [0, 0.1) is 23.7 Å². The molecule has 0 aromatic rings. The first-order chi connectivity index (χ1) is 30.0. The van der Waals surface area contributed by atoms with Gasteiger partial charge in [-0.2, -0.15) is 0 Å². The molecule has 7 aliphatic rings. The molecule has 3 N–H and O–H groups in total. The van der Waals surface area contributed by atoms with Crippen LogP contribution < -0.4 is 5.32 Å². The van der Waals surface area contributed by atoms with Crippen LogP contribution >= 0.6 is 0 Å². The maximum absolute atomic E-state index is 14.4. The molecule has 6 aliphatic heterocycles. The molecule has 2 bridgehead atoms. The monoisotopic (exact) mass is 886 g/mol. The average molecular weight is 886 g/mol. The number of carbonyl (C=O) groups excluding carboxylic acids is 1. The Hall–Kier alpha value is -2.31. The molecule has 0 saturated carbocycles. The van der Waals surface area contributed by atoms with E-state index in [0.717, 1.165) is 12.0 Å². The summed E-state index contributed by atoms with van der Waals surface area (Å²) < 4.78 is 64.6. The van der Waals surface area contributed by atoms with Gasteiger partial charge in [-0.15, -0.1) is 0 Å². The average Bonchev–Trinajstić information content (AvgIpc) is 3.60. The first-order valence-corrected chi connectivity index (χ1v) is 23.4. The van der Waals surface area contributed by atoms with Gasteiger partial charge in [-0.1, -0.05) is 70.6 Å². The molecule has 0 unspecified atom stereocenters. The Bertz CT molecular complexity index is 1750. The van der Waals surface area contributed by atoms with Gasteiger partial charge in [0.15, 0.2) is 18.4 Å². The van der Waals surface area contributed by atoms with Crippen LogP contribution in [-0.2, 0) is 52.2 Å². The van der Waals surface area contributed by atoms with Crippen molar-refractivity contribution in [3.8, 4) is 0 Å². The van der Waals surface area contributed by atoms with Gasteiger partial charge in [-0.25, -0.2) is 0 Å². The number of likely N-dealkylation sites (N-methyl/N-ethyl adjacent to an activating group) is 1. The van der Waals surface area contributed by atoms with Crippen molar-refractivity contribution in [3.05, 3.63) is 59.3 Å². The van der Waals surface area contributed by atoms with Crippen LogP contribution in [0.15, 0.2) is 59.3 Å². The summed E-state index contributed by atoms with van der Waals surface area (Å²) in [5.74, 6) is -2.51. The summed E-state index contributed by atoms with van der Waals surface area (Å²) in [4.78, 5) is 14.4. The number of rotatable bonds is 9. The van der Waals surface area contributed by atoms with E-state index < -0.39 is 66.4 Å². The van der Waals surface area contributed by atoms with Gasteiger partial charge >= 0.3 is 5.97 Å². The fourth-order valence-electron chi connectivity index (χ4n) is 11.0. The predicted molar refractivity (Wildman–Crippen MR) is 234 cm³/mol. The standard InChI is InChI=1S/C49H75NO13/c1-12-26(2)44-29(5)18-19-48(63-44)24-35-21-34(62-48)17-16-28(4)43(27(3)14-13-15-33-25-56-46-42(51)30(6)20-36(47(52)59-35)49(33,46)53)60-40-23-38(55-11)45(32(8)58-40)61-39-22-37(54-10)41(50-9)31(7)57-39/h13-16,18-20,26-27,29,31-32,34-46,50-51,53H,12,17,21-25H2,1-11H3/b14-13?,28-16+,33-15+/t26-,27-,29+,31+,32+,34-,35+,36-,37-,38+,39+,40-,41-,42+,43+,44-,45+,46+,48-,49-/m1/s1. The van der Waals surface area contributed by atoms with E-state index in [-0.39, 0.29) is 67.0 Å². The number of hydrogen-bond donors (Lipinski definition) is 3. The van der Waals surface area contributed by atoms with E-state index >= 15 is 0 Å². The minimum atomic E-state index is -1.83. The number of aliphatic hydroxyl groups excluding tert-OH is 1. The van der Waals surface area contributed by atoms with Crippen LogP contribution in [0.1, 0.15) is 93.9 Å². The molecule has 63 heavy (non-hydrogen) atoms. The van der Waals surface area contributed by atoms with E-state index in [1.54, 1.807) is 33.3 Å². The Kier molecular flexibility index (Phi) is 15.7. The van der Waals surface area contributed by atoms with Gasteiger partial charge in [0.05, 0.1) is 55.4 Å². The quantitative estimate of drug-likeness (QED) is 0.194. The van der Waals surface area contributed by atoms with Crippen molar-refractivity contribution in [2.75, 3.05) is 27.9 Å². The molecule has 0 radical (unpaired) electrons. The van der Waals surface area contributed by atoms with Gasteiger partial charge in [-0.3, -0.25) is 4.79 Å². The number of carbonyl (C=O) groups is 1. The first kappa shape index (κ1) is 48.6. The fourth-order valence-corrected chi connectivity index (χ4v) is 11.0. The second kappa shape index (κ2) is 20.3. The summed E-state index contributed by atoms with van der Waals surface area (Å²) in [6, 6.07) is 0.0442. The zero-order valence-electron chi connectivity index (χ0n) is 39.3. The molecule has 14 nitrogen and oxygen atoms in total. The third-order valence-electron chi connectivity index (χ3n) is 14.9. The minimum Gasteiger partial charge on any atom is -0.462 e. The van der Waals surface area contributed by atoms with Gasteiger partial charge in [0.25, 0.3) is 0 Å². The Morgan fingerprint density at radius 2 is 1.63 bits per heavy atom. The van der Waals surface area contributed by atoms with Gasteiger partial charge in [-0.05, 0) is 69.9 Å². The Morgan fingerprint density at radius 3 is 2.35 bits per heavy atom. The Labute approximate surface area is 374 Å². The smallest absolute Gasteiger partial charge is 0.316 e. The van der Waals surface area contributed by atoms with Gasteiger partial charge in [0.2, 0.25) is 0 Å². The Balaban J connectivity index is 1.18. The largest absolute Gasteiger partial charge is 0.462 e. The highest BCUT2D eigenvalue weighted by atomic mass is 16.7. The summed E-state index contributed by atoms with van der Waals surface area (Å²) in [6.07, 6.45) is 10.7. The lowest BCUT2D eigenvalue weighted by molar-refractivity contribution is -0.312. The van der Waals surface area contributed by atoms with Crippen LogP contribution in [0.2, 0.25) is 0 Å². The van der Waals surface area contributed by atoms with Crippen molar-refractivity contribution in [2.24, 2.45) is 23.7 Å². The van der Waals surface area contributed by atoms with Gasteiger partial charge < -0.3 is 62.9 Å². The number of esters is 1. The molecular formula is C49H75NO13. The third kappa shape index (κ3) is 10.0. The molecule has 14 heteroatoms. The van der Waals surface area contributed by atoms with Crippen LogP contribution in [-0.4, -0.2) is 141 Å². The molecule has 6 heterocycles. The van der Waals surface area contributed by atoms with Crippen LogP contribution in [0.4, 0.5) is 0 Å². The van der Waals surface area contributed by atoms with Crippen molar-refractivity contribution in [1.29, 1.82) is 0 Å². The normalized spacial score (nSPS) is 48.0. The van der Waals surface area contributed by atoms with E-state index in [4.69, 9.17) is 47.4 Å². The summed E-state index contributed by atoms with van der Waals surface area (Å²) in [7, 11) is 5.30. The minimum absolute atomic E-state index is 0.0411. The Morgan fingerprint density at radius 1 is 0.921 bits per heavy atom. The lowest BCUT2D eigenvalue weighted by Crippen LogP contribution is -2.58. The highest BCUT2D eigenvalue weighted by molar-refractivity contribution is 5.78. The third-order valence-corrected chi connectivity index (χ3v) is 14.9. The number of methoxy groups -OCH3 is 2. The number of hydrogen-bond acceptors (Lipinski definition) is 14. The molecule has 1 aliphatic carbocycles. The number of fused-ring (bicyclic) bond motifs is 2. The van der Waals surface area contributed by atoms with E-state index in [9.17, 15) is 15.0 Å². The van der Waals surface area contributed by atoms with Crippen molar-refractivity contribution in [1.82, 2.24) is 5.32 Å². The van der Waals surface area contributed by atoms with E-state index in [1.807, 2.05) is 39.1 Å². The van der Waals surface area contributed by atoms with E-state index in [1.165, 1.54) is 0 Å². The molecule has 1 spiro atoms. The lowest BCUT2D eigenvalue weighted by atomic mass is 9.71. The highest BCUT2D eigenvalue weighted by Crippen LogP contribution is 2.47. The number of ether oxygens (including phenoxy) is 10. The number of allylic oxidation sites excluding steroid dienone is 2. The van der Waals surface area contributed by atoms with E-state index in [2.05, 4.69) is 52.1 Å². The molecule has 0 amide bonds.